The highest BCUT2D eigenvalue weighted by atomic mass is 15.2. The molecule has 1 aliphatic rings. The lowest BCUT2D eigenvalue weighted by molar-refractivity contribution is 0.642. The molecule has 2 atom stereocenters. The summed E-state index contributed by atoms with van der Waals surface area (Å²) in [6.45, 7) is 4.68. The Balaban J connectivity index is 1.23. The molecule has 2 unspecified atom stereocenters. The summed E-state index contributed by atoms with van der Waals surface area (Å²) in [5, 5.41) is 2.48. The van der Waals surface area contributed by atoms with Gasteiger partial charge in [-0.2, -0.15) is 0 Å². The highest BCUT2D eigenvalue weighted by Gasteiger charge is 2.34. The van der Waals surface area contributed by atoms with Crippen LogP contribution in [0.4, 0.5) is 11.4 Å². The number of hydrogen-bond donors (Lipinski definition) is 0. The van der Waals surface area contributed by atoms with Gasteiger partial charge in [0.05, 0.1) is 11.0 Å². The molecule has 0 saturated carbocycles. The number of nitrogens with zero attached hydrogens (tertiary/aromatic N) is 5. The monoisotopic (exact) mass is 619 g/mol. The predicted octanol–water partition coefficient (Wildman–Crippen LogP) is 10.6. The van der Waals surface area contributed by atoms with E-state index in [0.717, 1.165) is 22.4 Å². The van der Waals surface area contributed by atoms with Gasteiger partial charge >= 0.3 is 0 Å². The summed E-state index contributed by atoms with van der Waals surface area (Å²) in [6.07, 6.45) is 0. The molecular weight excluding hydrogens is 587 g/mol. The fourth-order valence-corrected chi connectivity index (χ4v) is 7.26. The van der Waals surface area contributed by atoms with Crippen LogP contribution >= 0.6 is 0 Å². The number of rotatable bonds is 5. The maximum absolute atomic E-state index is 5.01. The summed E-state index contributed by atoms with van der Waals surface area (Å²) in [6, 6.07) is 53.5. The van der Waals surface area contributed by atoms with Crippen LogP contribution < -0.4 is 4.90 Å². The van der Waals surface area contributed by atoms with Crippen LogP contribution in [0.25, 0.3) is 61.7 Å². The van der Waals surface area contributed by atoms with Gasteiger partial charge in [-0.15, -0.1) is 0 Å². The molecule has 0 amide bonds. The average molecular weight is 620 g/mol. The number of anilines is 2. The second-order valence-corrected chi connectivity index (χ2v) is 12.6. The van der Waals surface area contributed by atoms with E-state index >= 15 is 0 Å². The molecule has 0 aliphatic carbocycles. The quantitative estimate of drug-likeness (QED) is 0.192. The zero-order valence-corrected chi connectivity index (χ0v) is 26.8. The Morgan fingerprint density at radius 1 is 0.458 bits per heavy atom. The average Bonchev–Trinajstić information content (AvgIpc) is 3.61. The third-order valence-corrected chi connectivity index (χ3v) is 9.80. The Morgan fingerprint density at radius 2 is 1.00 bits per heavy atom. The van der Waals surface area contributed by atoms with Gasteiger partial charge < -0.3 is 9.47 Å². The first-order valence-corrected chi connectivity index (χ1v) is 16.5. The first-order chi connectivity index (χ1) is 23.6. The molecule has 9 rings (SSSR count). The summed E-state index contributed by atoms with van der Waals surface area (Å²) >= 11 is 0. The van der Waals surface area contributed by atoms with Crippen LogP contribution in [0.15, 0.2) is 152 Å². The van der Waals surface area contributed by atoms with Crippen molar-refractivity contribution in [1.82, 2.24) is 19.5 Å². The van der Waals surface area contributed by atoms with Crippen molar-refractivity contribution >= 4 is 33.2 Å². The highest BCUT2D eigenvalue weighted by molar-refractivity contribution is 6.11. The molecule has 8 aromatic rings. The smallest absolute Gasteiger partial charge is 0.164 e. The SMILES string of the molecule is CC1c2cc3c(cc2N(c2ccccc2)C1C)c1ccccc1n3-c1cccc(-c2nc(-c3ccccc3)nc(-c3ccccc3)n2)c1. The van der Waals surface area contributed by atoms with Gasteiger partial charge in [0, 0.05) is 56.5 Å². The lowest BCUT2D eigenvalue weighted by Gasteiger charge is -2.26. The van der Waals surface area contributed by atoms with Crippen LogP contribution in [0.5, 0.6) is 0 Å². The van der Waals surface area contributed by atoms with Gasteiger partial charge in [0.15, 0.2) is 17.5 Å². The Bertz CT molecular complexity index is 2380. The van der Waals surface area contributed by atoms with Gasteiger partial charge in [-0.1, -0.05) is 116 Å². The lowest BCUT2D eigenvalue weighted by Crippen LogP contribution is -2.25. The first-order valence-electron chi connectivity index (χ1n) is 16.5. The molecule has 5 nitrogen and oxygen atoms in total. The van der Waals surface area contributed by atoms with E-state index in [1.807, 2.05) is 60.7 Å². The minimum atomic E-state index is 0.346. The van der Waals surface area contributed by atoms with E-state index in [1.165, 1.54) is 38.7 Å². The fraction of sp³-hybridized carbons (Fsp3) is 0.0930. The van der Waals surface area contributed by atoms with Crippen LogP contribution in [-0.2, 0) is 0 Å². The van der Waals surface area contributed by atoms with Gasteiger partial charge in [0.25, 0.3) is 0 Å². The van der Waals surface area contributed by atoms with Crippen molar-refractivity contribution in [3.8, 4) is 39.9 Å². The van der Waals surface area contributed by atoms with Gasteiger partial charge in [0.2, 0.25) is 0 Å². The van der Waals surface area contributed by atoms with Crippen LogP contribution in [0, 0.1) is 0 Å². The van der Waals surface area contributed by atoms with E-state index in [0.29, 0.717) is 29.4 Å². The zero-order valence-electron chi connectivity index (χ0n) is 26.8. The molecule has 5 heteroatoms. The molecule has 0 N–H and O–H groups in total. The first kappa shape index (κ1) is 28.2. The molecule has 1 aliphatic heterocycles. The largest absolute Gasteiger partial charge is 0.338 e. The number of benzene rings is 6. The van der Waals surface area contributed by atoms with Crippen molar-refractivity contribution in [2.45, 2.75) is 25.8 Å². The Morgan fingerprint density at radius 3 is 1.67 bits per heavy atom. The lowest BCUT2D eigenvalue weighted by atomic mass is 9.97. The van der Waals surface area contributed by atoms with Gasteiger partial charge in [-0.05, 0) is 55.0 Å². The van der Waals surface area contributed by atoms with E-state index in [2.05, 4.69) is 114 Å². The number of para-hydroxylation sites is 2. The minimum absolute atomic E-state index is 0.346. The van der Waals surface area contributed by atoms with Crippen molar-refractivity contribution in [3.63, 3.8) is 0 Å². The maximum Gasteiger partial charge on any atom is 0.164 e. The Labute approximate surface area is 279 Å². The van der Waals surface area contributed by atoms with E-state index in [9.17, 15) is 0 Å². The predicted molar refractivity (Wildman–Crippen MR) is 197 cm³/mol. The van der Waals surface area contributed by atoms with E-state index in [1.54, 1.807) is 0 Å². The third kappa shape index (κ3) is 4.58. The molecule has 6 aromatic carbocycles. The molecule has 0 saturated heterocycles. The summed E-state index contributed by atoms with van der Waals surface area (Å²) < 4.78 is 2.40. The van der Waals surface area contributed by atoms with E-state index in [-0.39, 0.29) is 0 Å². The molecule has 0 radical (unpaired) electrons. The van der Waals surface area contributed by atoms with Crippen LogP contribution in [-0.4, -0.2) is 25.6 Å². The molecule has 48 heavy (non-hydrogen) atoms. The Hall–Kier alpha value is -6.07. The van der Waals surface area contributed by atoms with Crippen LogP contribution in [0.1, 0.15) is 25.3 Å². The van der Waals surface area contributed by atoms with Gasteiger partial charge in [-0.25, -0.2) is 15.0 Å². The van der Waals surface area contributed by atoms with Crippen molar-refractivity contribution in [3.05, 3.63) is 157 Å². The summed E-state index contributed by atoms with van der Waals surface area (Å²) in [5.74, 6) is 2.33. The zero-order chi connectivity index (χ0) is 32.2. The molecule has 0 spiro atoms. The van der Waals surface area contributed by atoms with Crippen LogP contribution in [0.3, 0.4) is 0 Å². The second kappa shape index (κ2) is 11.3. The van der Waals surface area contributed by atoms with Crippen molar-refractivity contribution < 1.29 is 0 Å². The normalized spacial score (nSPS) is 15.7. The van der Waals surface area contributed by atoms with Crippen molar-refractivity contribution in [2.24, 2.45) is 0 Å². The summed E-state index contributed by atoms with van der Waals surface area (Å²) in [7, 11) is 0. The highest BCUT2D eigenvalue weighted by Crippen LogP contribution is 2.48. The minimum Gasteiger partial charge on any atom is -0.338 e. The summed E-state index contributed by atoms with van der Waals surface area (Å²) in [5.41, 5.74) is 10.2. The standard InChI is InChI=1S/C43H33N5/c1-28-29(2)47(33-20-10-5-11-21-33)39-27-37-35-23-12-13-24-38(35)48(40(37)26-36(28)39)34-22-14-19-32(25-34)43-45-41(30-15-6-3-7-16-30)44-42(46-43)31-17-8-4-9-18-31/h3-29H,1-2H3. The molecule has 0 fully saturated rings. The van der Waals surface area contributed by atoms with E-state index in [4.69, 9.17) is 15.0 Å². The van der Waals surface area contributed by atoms with E-state index < -0.39 is 0 Å². The fourth-order valence-electron chi connectivity index (χ4n) is 7.26. The molecule has 2 aromatic heterocycles. The van der Waals surface area contributed by atoms with Crippen molar-refractivity contribution in [1.29, 1.82) is 0 Å². The number of aromatic nitrogens is 4. The topological polar surface area (TPSA) is 46.8 Å². The molecule has 0 bridgehead atoms. The van der Waals surface area contributed by atoms with Crippen LogP contribution in [0.2, 0.25) is 0 Å². The molecule has 3 heterocycles. The Kier molecular flexibility index (Phi) is 6.64. The second-order valence-electron chi connectivity index (χ2n) is 12.6. The number of fused-ring (bicyclic) bond motifs is 4. The van der Waals surface area contributed by atoms with Crippen molar-refractivity contribution in [2.75, 3.05) is 4.90 Å². The molecular formula is C43H33N5. The third-order valence-electron chi connectivity index (χ3n) is 9.80. The maximum atomic E-state index is 5.01. The van der Waals surface area contributed by atoms with Gasteiger partial charge in [0.1, 0.15) is 0 Å². The number of hydrogen-bond acceptors (Lipinski definition) is 4. The summed E-state index contributed by atoms with van der Waals surface area (Å²) in [4.78, 5) is 17.4. The molecule has 230 valence electrons. The van der Waals surface area contributed by atoms with Gasteiger partial charge in [-0.3, -0.25) is 0 Å².